The Bertz CT molecular complexity index is 739. The average molecular weight is 269 g/mol. The third-order valence-electron chi connectivity index (χ3n) is 3.12. The second kappa shape index (κ2) is 4.90. The van der Waals surface area contributed by atoms with Crippen LogP contribution in [0.2, 0.25) is 5.02 Å². The Kier molecular flexibility index (Phi) is 3.10. The highest BCUT2D eigenvalue weighted by Crippen LogP contribution is 2.17. The van der Waals surface area contributed by atoms with Gasteiger partial charge in [-0.2, -0.15) is 0 Å². The van der Waals surface area contributed by atoms with Crippen molar-refractivity contribution < 1.29 is 0 Å². The first-order chi connectivity index (χ1) is 9.24. The number of para-hydroxylation sites is 2. The number of imidazole rings is 1. The molecule has 0 fully saturated rings. The molecule has 0 unspecified atom stereocenters. The maximum atomic E-state index is 5.87. The van der Waals surface area contributed by atoms with Crippen molar-refractivity contribution in [2.75, 3.05) is 0 Å². The highest BCUT2D eigenvalue weighted by molar-refractivity contribution is 6.30. The van der Waals surface area contributed by atoms with Crippen molar-refractivity contribution in [3.05, 3.63) is 64.9 Å². The van der Waals surface area contributed by atoms with E-state index in [9.17, 15) is 0 Å². The summed E-state index contributed by atoms with van der Waals surface area (Å²) in [7, 11) is 2.02. The van der Waals surface area contributed by atoms with Crippen molar-refractivity contribution in [3.8, 4) is 0 Å². The minimum absolute atomic E-state index is 0.750. The molecule has 0 saturated heterocycles. The lowest BCUT2D eigenvalue weighted by molar-refractivity contribution is 0.930. The summed E-state index contributed by atoms with van der Waals surface area (Å²) < 4.78 is 2.09. The minimum atomic E-state index is 0.750. The number of nitrogens with zero attached hydrogens (tertiary/aromatic N) is 2. The fourth-order valence-corrected chi connectivity index (χ4v) is 2.18. The molecule has 2 aromatic carbocycles. The standard InChI is InChI=1S/C16H13ClN2/c1-19-15-5-3-2-4-14(15)18-16(19)11-8-12-6-9-13(17)10-7-12/h2-11H,1H3. The zero-order valence-corrected chi connectivity index (χ0v) is 11.3. The van der Waals surface area contributed by atoms with Crippen LogP contribution in [0.15, 0.2) is 48.5 Å². The molecule has 3 rings (SSSR count). The maximum Gasteiger partial charge on any atom is 0.133 e. The molecular formula is C16H13ClN2. The van der Waals surface area contributed by atoms with E-state index in [-0.39, 0.29) is 0 Å². The third-order valence-corrected chi connectivity index (χ3v) is 3.37. The normalized spacial score (nSPS) is 11.5. The van der Waals surface area contributed by atoms with Gasteiger partial charge in [-0.3, -0.25) is 0 Å². The summed E-state index contributed by atoms with van der Waals surface area (Å²) in [5.74, 6) is 0.941. The molecule has 0 aliphatic heterocycles. The van der Waals surface area contributed by atoms with Crippen LogP contribution in [-0.4, -0.2) is 9.55 Å². The number of aromatic nitrogens is 2. The van der Waals surface area contributed by atoms with Crippen LogP contribution in [0.25, 0.3) is 23.2 Å². The Hall–Kier alpha value is -2.06. The van der Waals surface area contributed by atoms with Crippen molar-refractivity contribution >= 4 is 34.8 Å². The first-order valence-electron chi connectivity index (χ1n) is 6.09. The van der Waals surface area contributed by atoms with Gasteiger partial charge in [-0.15, -0.1) is 0 Å². The van der Waals surface area contributed by atoms with Crippen molar-refractivity contribution in [2.45, 2.75) is 0 Å². The molecule has 1 heterocycles. The molecule has 94 valence electrons. The molecule has 0 amide bonds. The van der Waals surface area contributed by atoms with Crippen molar-refractivity contribution in [2.24, 2.45) is 7.05 Å². The van der Waals surface area contributed by atoms with Crippen LogP contribution in [-0.2, 0) is 7.05 Å². The lowest BCUT2D eigenvalue weighted by Crippen LogP contribution is -1.90. The van der Waals surface area contributed by atoms with Gasteiger partial charge in [0, 0.05) is 12.1 Å². The summed E-state index contributed by atoms with van der Waals surface area (Å²) in [5.41, 5.74) is 3.26. The molecule has 0 N–H and O–H groups in total. The van der Waals surface area contributed by atoms with Gasteiger partial charge in [0.25, 0.3) is 0 Å². The maximum absolute atomic E-state index is 5.87. The van der Waals surface area contributed by atoms with Gasteiger partial charge in [0.1, 0.15) is 5.82 Å². The number of benzene rings is 2. The summed E-state index contributed by atoms with van der Waals surface area (Å²) in [6.45, 7) is 0. The summed E-state index contributed by atoms with van der Waals surface area (Å²) in [4.78, 5) is 4.59. The van der Waals surface area contributed by atoms with Gasteiger partial charge in [0.15, 0.2) is 0 Å². The van der Waals surface area contributed by atoms with E-state index in [2.05, 4.69) is 15.6 Å². The Balaban J connectivity index is 1.97. The topological polar surface area (TPSA) is 17.8 Å². The number of aryl methyl sites for hydroxylation is 1. The average Bonchev–Trinajstić information content (AvgIpc) is 2.76. The molecule has 1 aromatic heterocycles. The monoisotopic (exact) mass is 268 g/mol. The summed E-state index contributed by atoms with van der Waals surface area (Å²) in [6, 6.07) is 15.9. The minimum Gasteiger partial charge on any atom is -0.328 e. The number of hydrogen-bond donors (Lipinski definition) is 0. The molecule has 0 radical (unpaired) electrons. The molecule has 3 heteroatoms. The Morgan fingerprint density at radius 1 is 1.00 bits per heavy atom. The van der Waals surface area contributed by atoms with Gasteiger partial charge in [0.2, 0.25) is 0 Å². The second-order valence-corrected chi connectivity index (χ2v) is 4.84. The van der Waals surface area contributed by atoms with Crippen molar-refractivity contribution in [1.29, 1.82) is 0 Å². The molecule has 0 spiro atoms. The summed E-state index contributed by atoms with van der Waals surface area (Å²) in [6.07, 6.45) is 4.06. The molecule has 19 heavy (non-hydrogen) atoms. The van der Waals surface area contributed by atoms with E-state index in [1.807, 2.05) is 61.7 Å². The number of halogens is 1. The van der Waals surface area contributed by atoms with E-state index in [1.165, 1.54) is 0 Å². The summed E-state index contributed by atoms with van der Waals surface area (Å²) in [5, 5.41) is 0.750. The lowest BCUT2D eigenvalue weighted by Gasteiger charge is -1.97. The molecule has 3 aromatic rings. The zero-order chi connectivity index (χ0) is 13.2. The van der Waals surface area contributed by atoms with Crippen LogP contribution in [0.5, 0.6) is 0 Å². The van der Waals surface area contributed by atoms with Gasteiger partial charge in [-0.05, 0) is 35.9 Å². The molecule has 0 atom stereocenters. The SMILES string of the molecule is Cn1c(C=Cc2ccc(Cl)cc2)nc2ccccc21. The highest BCUT2D eigenvalue weighted by atomic mass is 35.5. The van der Waals surface area contributed by atoms with E-state index in [0.717, 1.165) is 27.4 Å². The Labute approximate surface area is 117 Å². The van der Waals surface area contributed by atoms with E-state index >= 15 is 0 Å². The quantitative estimate of drug-likeness (QED) is 0.674. The van der Waals surface area contributed by atoms with Crippen molar-refractivity contribution in [3.63, 3.8) is 0 Å². The Morgan fingerprint density at radius 2 is 1.74 bits per heavy atom. The molecule has 0 saturated carbocycles. The molecule has 0 aliphatic carbocycles. The highest BCUT2D eigenvalue weighted by Gasteiger charge is 2.03. The van der Waals surface area contributed by atoms with Crippen LogP contribution in [0.3, 0.4) is 0 Å². The van der Waals surface area contributed by atoms with Crippen LogP contribution in [0.1, 0.15) is 11.4 Å². The van der Waals surface area contributed by atoms with Crippen LogP contribution in [0.4, 0.5) is 0 Å². The van der Waals surface area contributed by atoms with E-state index < -0.39 is 0 Å². The first-order valence-corrected chi connectivity index (χ1v) is 6.47. The molecular weight excluding hydrogens is 256 g/mol. The van der Waals surface area contributed by atoms with E-state index in [0.29, 0.717) is 0 Å². The second-order valence-electron chi connectivity index (χ2n) is 4.40. The molecule has 2 nitrogen and oxygen atoms in total. The molecule has 0 aliphatic rings. The summed E-state index contributed by atoms with van der Waals surface area (Å²) >= 11 is 5.87. The van der Waals surface area contributed by atoms with Gasteiger partial charge < -0.3 is 4.57 Å². The number of hydrogen-bond acceptors (Lipinski definition) is 1. The van der Waals surface area contributed by atoms with Gasteiger partial charge in [0.05, 0.1) is 11.0 Å². The van der Waals surface area contributed by atoms with E-state index in [4.69, 9.17) is 11.6 Å². The van der Waals surface area contributed by atoms with Gasteiger partial charge in [-0.1, -0.05) is 41.9 Å². The predicted molar refractivity (Wildman–Crippen MR) is 81.1 cm³/mol. The van der Waals surface area contributed by atoms with Crippen molar-refractivity contribution in [1.82, 2.24) is 9.55 Å². The van der Waals surface area contributed by atoms with Gasteiger partial charge in [-0.25, -0.2) is 4.98 Å². The fourth-order valence-electron chi connectivity index (χ4n) is 2.06. The smallest absolute Gasteiger partial charge is 0.133 e. The Morgan fingerprint density at radius 3 is 2.47 bits per heavy atom. The van der Waals surface area contributed by atoms with Crippen LogP contribution < -0.4 is 0 Å². The van der Waals surface area contributed by atoms with E-state index in [1.54, 1.807) is 0 Å². The van der Waals surface area contributed by atoms with Gasteiger partial charge >= 0.3 is 0 Å². The largest absolute Gasteiger partial charge is 0.328 e. The zero-order valence-electron chi connectivity index (χ0n) is 10.5. The fraction of sp³-hybridized carbons (Fsp3) is 0.0625. The van der Waals surface area contributed by atoms with Crippen LogP contribution >= 0.6 is 11.6 Å². The first kappa shape index (κ1) is 12.0. The third kappa shape index (κ3) is 2.40. The van der Waals surface area contributed by atoms with Crippen LogP contribution in [0, 0.1) is 0 Å². The molecule has 0 bridgehead atoms. The lowest BCUT2D eigenvalue weighted by atomic mass is 10.2. The number of rotatable bonds is 2. The number of fused-ring (bicyclic) bond motifs is 1. The predicted octanol–water partition coefficient (Wildman–Crippen LogP) is 4.40.